The molecule has 3 aliphatic heterocycles. The van der Waals surface area contributed by atoms with Gasteiger partial charge >= 0.3 is 0 Å². The Morgan fingerprint density at radius 1 is 1.38 bits per heavy atom. The molecule has 4 heterocycles. The molecule has 26 heavy (non-hydrogen) atoms. The second kappa shape index (κ2) is 7.44. The van der Waals surface area contributed by atoms with E-state index in [1.54, 1.807) is 13.3 Å². The predicted octanol–water partition coefficient (Wildman–Crippen LogP) is 0.322. The van der Waals surface area contributed by atoms with E-state index in [0.29, 0.717) is 11.8 Å². The van der Waals surface area contributed by atoms with E-state index in [4.69, 9.17) is 4.74 Å². The molecule has 0 saturated carbocycles. The summed E-state index contributed by atoms with van der Waals surface area (Å²) in [6.07, 6.45) is 5.73. The number of aliphatic hydroxyl groups is 1. The first-order valence-electron chi connectivity index (χ1n) is 9.13. The van der Waals surface area contributed by atoms with Crippen molar-refractivity contribution in [3.63, 3.8) is 0 Å². The molecule has 1 aromatic heterocycles. The molecule has 3 fully saturated rings. The van der Waals surface area contributed by atoms with Crippen LogP contribution in [-0.2, 0) is 0 Å². The van der Waals surface area contributed by atoms with Gasteiger partial charge in [-0.15, -0.1) is 6.58 Å². The molecule has 0 unspecified atom stereocenters. The molecule has 140 valence electrons. The Kier molecular flexibility index (Phi) is 5.61. The molecular formula is C21H27IN2O2. The number of methoxy groups -OCH3 is 1. The third-order valence-electron chi connectivity index (χ3n) is 6.56. The number of pyridine rings is 1. The predicted molar refractivity (Wildman–Crippen MR) is 99.4 cm³/mol. The maximum atomic E-state index is 11.3. The molecule has 5 atom stereocenters. The van der Waals surface area contributed by atoms with Gasteiger partial charge in [-0.25, -0.2) is 0 Å². The number of aromatic nitrogens is 1. The molecule has 1 aromatic carbocycles. The minimum Gasteiger partial charge on any atom is -1.00 e. The van der Waals surface area contributed by atoms with Crippen molar-refractivity contribution in [1.82, 2.24) is 4.98 Å². The zero-order valence-corrected chi connectivity index (χ0v) is 17.6. The Bertz CT molecular complexity index is 812. The van der Waals surface area contributed by atoms with Gasteiger partial charge < -0.3 is 38.3 Å². The summed E-state index contributed by atoms with van der Waals surface area (Å²) in [5, 5.41) is 12.3. The molecule has 1 N–H and O–H groups in total. The van der Waals surface area contributed by atoms with Gasteiger partial charge in [-0.2, -0.15) is 0 Å². The van der Waals surface area contributed by atoms with E-state index in [2.05, 4.69) is 24.7 Å². The summed E-state index contributed by atoms with van der Waals surface area (Å²) in [5.74, 6) is 2.03. The zero-order chi connectivity index (χ0) is 17.6. The highest BCUT2D eigenvalue weighted by atomic mass is 127. The highest BCUT2D eigenvalue weighted by Crippen LogP contribution is 2.45. The molecule has 0 aliphatic carbocycles. The number of likely N-dealkylation sites (N-methyl/N-ethyl adjacent to an activating group) is 1. The number of fused-ring (bicyclic) bond motifs is 4. The van der Waals surface area contributed by atoms with E-state index in [9.17, 15) is 5.11 Å². The lowest BCUT2D eigenvalue weighted by molar-refractivity contribution is -0.956. The van der Waals surface area contributed by atoms with Crippen molar-refractivity contribution in [2.24, 2.45) is 11.8 Å². The lowest BCUT2D eigenvalue weighted by atomic mass is 9.72. The van der Waals surface area contributed by atoms with E-state index >= 15 is 0 Å². The monoisotopic (exact) mass is 466 g/mol. The van der Waals surface area contributed by atoms with Crippen LogP contribution in [-0.4, -0.2) is 47.9 Å². The van der Waals surface area contributed by atoms with Gasteiger partial charge in [0.05, 0.1) is 32.8 Å². The first-order chi connectivity index (χ1) is 12.1. The number of nitrogens with zero attached hydrogens (tertiary/aromatic N) is 2. The Morgan fingerprint density at radius 3 is 2.88 bits per heavy atom. The maximum Gasteiger partial charge on any atom is 0.131 e. The van der Waals surface area contributed by atoms with Crippen molar-refractivity contribution < 1.29 is 38.3 Å². The fourth-order valence-electron chi connectivity index (χ4n) is 5.03. The molecular weight excluding hydrogens is 439 g/mol. The van der Waals surface area contributed by atoms with E-state index in [1.807, 2.05) is 24.3 Å². The summed E-state index contributed by atoms with van der Waals surface area (Å²) >= 11 is 0. The first kappa shape index (κ1) is 19.6. The fraction of sp³-hybridized carbons (Fsp3) is 0.476. The number of aliphatic hydroxyl groups excluding tert-OH is 1. The second-order valence-electron chi connectivity index (χ2n) is 7.87. The van der Waals surface area contributed by atoms with E-state index < -0.39 is 6.10 Å². The molecule has 3 saturated heterocycles. The van der Waals surface area contributed by atoms with Gasteiger partial charge in [0.1, 0.15) is 17.9 Å². The normalized spacial score (nSPS) is 31.3. The topological polar surface area (TPSA) is 42.4 Å². The van der Waals surface area contributed by atoms with Crippen LogP contribution in [0.2, 0.25) is 0 Å². The number of halogens is 1. The van der Waals surface area contributed by atoms with Crippen molar-refractivity contribution >= 4 is 10.9 Å². The van der Waals surface area contributed by atoms with Crippen molar-refractivity contribution in [2.45, 2.75) is 25.0 Å². The standard InChI is InChI=1S/C21H27N2O2.HI/c1-4-14-13-23(2)10-8-15(14)11-20(23)21(24)17-7-9-22-19-6-5-16(25-3)12-18(17)19;/h4-7,9,12,14-15,20-21,24H,1,8,10-11,13H2,2-3H3;1H/q+1;/p-1/t14-,15-,20-,21+,23-;/m0./s1. The summed E-state index contributed by atoms with van der Waals surface area (Å²) in [6, 6.07) is 8.06. The first-order valence-corrected chi connectivity index (χ1v) is 9.13. The molecule has 5 heteroatoms. The molecule has 5 rings (SSSR count). The number of quaternary nitrogens is 1. The van der Waals surface area contributed by atoms with E-state index in [0.717, 1.165) is 46.2 Å². The Morgan fingerprint density at radius 2 is 2.19 bits per heavy atom. The fourth-order valence-corrected chi connectivity index (χ4v) is 5.03. The van der Waals surface area contributed by atoms with Gasteiger partial charge in [0.15, 0.2) is 0 Å². The van der Waals surface area contributed by atoms with Crippen molar-refractivity contribution in [3.8, 4) is 5.75 Å². The highest BCUT2D eigenvalue weighted by molar-refractivity contribution is 5.83. The van der Waals surface area contributed by atoms with Gasteiger partial charge in [-0.3, -0.25) is 4.98 Å². The lowest BCUT2D eigenvalue weighted by Crippen LogP contribution is -3.00. The number of ether oxygens (including phenoxy) is 1. The van der Waals surface area contributed by atoms with Crippen LogP contribution in [0.4, 0.5) is 0 Å². The summed E-state index contributed by atoms with van der Waals surface area (Å²) in [7, 11) is 3.96. The summed E-state index contributed by atoms with van der Waals surface area (Å²) < 4.78 is 6.31. The third-order valence-corrected chi connectivity index (χ3v) is 6.56. The van der Waals surface area contributed by atoms with Gasteiger partial charge in [0.25, 0.3) is 0 Å². The highest BCUT2D eigenvalue weighted by Gasteiger charge is 2.51. The Balaban J connectivity index is 0.00000196. The molecule has 0 spiro atoms. The largest absolute Gasteiger partial charge is 1.00 e. The summed E-state index contributed by atoms with van der Waals surface area (Å²) in [4.78, 5) is 4.45. The van der Waals surface area contributed by atoms with E-state index in [1.165, 1.54) is 6.42 Å². The third kappa shape index (κ3) is 3.14. The zero-order valence-electron chi connectivity index (χ0n) is 15.4. The Labute approximate surface area is 172 Å². The number of piperidine rings is 3. The van der Waals surface area contributed by atoms with Crippen LogP contribution in [0.1, 0.15) is 24.5 Å². The van der Waals surface area contributed by atoms with Crippen LogP contribution >= 0.6 is 0 Å². The summed E-state index contributed by atoms with van der Waals surface area (Å²) in [6.45, 7) is 6.26. The number of hydrogen-bond donors (Lipinski definition) is 1. The number of benzene rings is 1. The molecule has 4 nitrogen and oxygen atoms in total. The van der Waals surface area contributed by atoms with Gasteiger partial charge in [-0.1, -0.05) is 6.08 Å². The van der Waals surface area contributed by atoms with Crippen LogP contribution < -0.4 is 28.7 Å². The maximum absolute atomic E-state index is 11.3. The van der Waals surface area contributed by atoms with Crippen molar-refractivity contribution in [2.75, 3.05) is 27.2 Å². The van der Waals surface area contributed by atoms with Crippen LogP contribution in [0.3, 0.4) is 0 Å². The van der Waals surface area contributed by atoms with Crippen molar-refractivity contribution in [3.05, 3.63) is 48.7 Å². The number of rotatable bonds is 4. The van der Waals surface area contributed by atoms with Gasteiger partial charge in [0, 0.05) is 30.3 Å². The Hall–Kier alpha value is -1.18. The molecule has 0 amide bonds. The van der Waals surface area contributed by atoms with Crippen LogP contribution in [0.5, 0.6) is 5.75 Å². The molecule has 2 bridgehead atoms. The van der Waals surface area contributed by atoms with Crippen molar-refractivity contribution in [1.29, 1.82) is 0 Å². The minimum atomic E-state index is -0.490. The average Bonchev–Trinajstić information content (AvgIpc) is 2.66. The molecule has 0 radical (unpaired) electrons. The SMILES string of the molecule is C=C[C@H]1C[N@+]2(C)CC[C@H]1C[C@H]2[C@H](O)c1ccnc2ccc(OC)cc12.[I-]. The molecule has 2 aromatic rings. The van der Waals surface area contributed by atoms with Crippen LogP contribution in [0.15, 0.2) is 43.1 Å². The minimum absolute atomic E-state index is 0. The summed E-state index contributed by atoms with van der Waals surface area (Å²) in [5.41, 5.74) is 1.87. The van der Waals surface area contributed by atoms with Crippen LogP contribution in [0.25, 0.3) is 10.9 Å². The average molecular weight is 466 g/mol. The van der Waals surface area contributed by atoms with Crippen LogP contribution in [0, 0.1) is 11.8 Å². The lowest BCUT2D eigenvalue weighted by Gasteiger charge is -2.56. The second-order valence-corrected chi connectivity index (χ2v) is 7.87. The van der Waals surface area contributed by atoms with Gasteiger partial charge in [0.2, 0.25) is 0 Å². The quantitative estimate of drug-likeness (QED) is 0.401. The van der Waals surface area contributed by atoms with E-state index in [-0.39, 0.29) is 30.0 Å². The number of hydrogen-bond acceptors (Lipinski definition) is 3. The smallest absolute Gasteiger partial charge is 0.131 e. The van der Waals surface area contributed by atoms with Gasteiger partial charge in [-0.05, 0) is 35.7 Å². The molecule has 3 aliphatic rings.